The van der Waals surface area contributed by atoms with E-state index in [1.165, 1.54) is 25.0 Å². The van der Waals surface area contributed by atoms with E-state index in [0.717, 1.165) is 19.5 Å². The lowest BCUT2D eigenvalue weighted by molar-refractivity contribution is 0.731. The van der Waals surface area contributed by atoms with Crippen LogP contribution in [0, 0.1) is 0 Å². The normalized spacial score (nSPS) is 11.2. The second-order valence-electron chi connectivity index (χ2n) is 3.75. The van der Waals surface area contributed by atoms with Crippen LogP contribution in [0.2, 0.25) is 0 Å². The van der Waals surface area contributed by atoms with E-state index in [0.29, 0.717) is 0 Å². The molecule has 0 unspecified atom stereocenters. The summed E-state index contributed by atoms with van der Waals surface area (Å²) in [6.45, 7) is 6.40. The van der Waals surface area contributed by atoms with Crippen molar-refractivity contribution in [1.29, 1.82) is 0 Å². The molecule has 0 atom stereocenters. The number of hydrogen-bond donors (Lipinski definition) is 1. The summed E-state index contributed by atoms with van der Waals surface area (Å²) < 4.78 is 2.60. The third kappa shape index (κ3) is 2.17. The van der Waals surface area contributed by atoms with Gasteiger partial charge in [0, 0.05) is 20.6 Å². The van der Waals surface area contributed by atoms with Gasteiger partial charge in [-0.3, -0.25) is 0 Å². The fraction of sp³-hybridized carbons (Fsp3) is 0.385. The summed E-state index contributed by atoms with van der Waals surface area (Å²) in [5.74, 6) is 0. The number of benzene rings is 1. The van der Waals surface area contributed by atoms with E-state index in [9.17, 15) is 0 Å². The van der Waals surface area contributed by atoms with Crippen LogP contribution >= 0.6 is 27.3 Å². The van der Waals surface area contributed by atoms with Gasteiger partial charge in [0.2, 0.25) is 0 Å². The van der Waals surface area contributed by atoms with Crippen molar-refractivity contribution in [1.82, 2.24) is 5.32 Å². The molecular formula is C13H16BrNS. The minimum atomic E-state index is 0.992. The largest absolute Gasteiger partial charge is 0.312 e. The first-order chi connectivity index (χ1) is 7.77. The Morgan fingerprint density at radius 2 is 2.12 bits per heavy atom. The standard InChI is InChI=1S/C13H16BrNS/c1-3-9-10-6-5-7-11(14)13(10)16-12(9)8-15-4-2/h5-7,15H,3-4,8H2,1-2H3. The Labute approximate surface area is 109 Å². The van der Waals surface area contributed by atoms with Gasteiger partial charge in [0.25, 0.3) is 0 Å². The van der Waals surface area contributed by atoms with Crippen molar-refractivity contribution >= 4 is 37.4 Å². The van der Waals surface area contributed by atoms with Crippen LogP contribution in [-0.4, -0.2) is 6.54 Å². The van der Waals surface area contributed by atoms with Crippen molar-refractivity contribution in [3.05, 3.63) is 33.1 Å². The quantitative estimate of drug-likeness (QED) is 0.885. The molecule has 0 radical (unpaired) electrons. The van der Waals surface area contributed by atoms with Crippen LogP contribution in [0.1, 0.15) is 24.3 Å². The van der Waals surface area contributed by atoms with E-state index in [1.807, 2.05) is 11.3 Å². The Kier molecular flexibility index (Phi) is 4.00. The van der Waals surface area contributed by atoms with Crippen molar-refractivity contribution in [2.45, 2.75) is 26.8 Å². The van der Waals surface area contributed by atoms with Crippen LogP contribution in [0.4, 0.5) is 0 Å². The number of rotatable bonds is 4. The lowest BCUT2D eigenvalue weighted by Crippen LogP contribution is -2.11. The highest BCUT2D eigenvalue weighted by molar-refractivity contribution is 9.10. The molecule has 1 heterocycles. The van der Waals surface area contributed by atoms with Crippen molar-refractivity contribution in [3.63, 3.8) is 0 Å². The second-order valence-corrected chi connectivity index (χ2v) is 5.71. The predicted octanol–water partition coefficient (Wildman–Crippen LogP) is 4.34. The molecule has 0 spiro atoms. The highest BCUT2D eigenvalue weighted by Gasteiger charge is 2.11. The summed E-state index contributed by atoms with van der Waals surface area (Å²) in [6.07, 6.45) is 1.11. The average molecular weight is 298 g/mol. The maximum atomic E-state index is 3.63. The molecule has 1 aromatic heterocycles. The van der Waals surface area contributed by atoms with Gasteiger partial charge in [-0.1, -0.05) is 26.0 Å². The Bertz CT molecular complexity index is 490. The lowest BCUT2D eigenvalue weighted by atomic mass is 10.1. The van der Waals surface area contributed by atoms with E-state index in [1.54, 1.807) is 0 Å². The van der Waals surface area contributed by atoms with Gasteiger partial charge in [-0.05, 0) is 45.9 Å². The third-order valence-electron chi connectivity index (χ3n) is 2.74. The highest BCUT2D eigenvalue weighted by atomic mass is 79.9. The molecule has 0 saturated carbocycles. The molecule has 1 nitrogen and oxygen atoms in total. The molecule has 0 aliphatic rings. The van der Waals surface area contributed by atoms with Crippen LogP contribution < -0.4 is 5.32 Å². The van der Waals surface area contributed by atoms with Gasteiger partial charge in [0.15, 0.2) is 0 Å². The van der Waals surface area contributed by atoms with E-state index in [2.05, 4.69) is 53.3 Å². The fourth-order valence-corrected chi connectivity index (χ4v) is 3.83. The zero-order valence-corrected chi connectivity index (χ0v) is 12.0. The molecule has 0 aliphatic carbocycles. The second kappa shape index (κ2) is 5.30. The Hall–Kier alpha value is -0.380. The van der Waals surface area contributed by atoms with Crippen LogP contribution in [0.25, 0.3) is 10.1 Å². The van der Waals surface area contributed by atoms with Gasteiger partial charge in [-0.2, -0.15) is 0 Å². The SMILES string of the molecule is CCNCc1sc2c(Br)cccc2c1CC. The summed E-state index contributed by atoms with van der Waals surface area (Å²) in [5.41, 5.74) is 1.50. The molecular weight excluding hydrogens is 282 g/mol. The minimum absolute atomic E-state index is 0.992. The zero-order chi connectivity index (χ0) is 11.5. The predicted molar refractivity (Wildman–Crippen MR) is 76.3 cm³/mol. The molecule has 0 bridgehead atoms. The molecule has 0 amide bonds. The summed E-state index contributed by atoms with van der Waals surface area (Å²) >= 11 is 5.54. The third-order valence-corrected chi connectivity index (χ3v) is 4.95. The molecule has 86 valence electrons. The number of aryl methyl sites for hydroxylation is 1. The Morgan fingerprint density at radius 3 is 2.81 bits per heavy atom. The van der Waals surface area contributed by atoms with Crippen molar-refractivity contribution < 1.29 is 0 Å². The van der Waals surface area contributed by atoms with Gasteiger partial charge in [-0.15, -0.1) is 11.3 Å². The molecule has 16 heavy (non-hydrogen) atoms. The molecule has 0 saturated heterocycles. The smallest absolute Gasteiger partial charge is 0.0491 e. The van der Waals surface area contributed by atoms with E-state index in [4.69, 9.17) is 0 Å². The maximum absolute atomic E-state index is 3.63. The summed E-state index contributed by atoms with van der Waals surface area (Å²) in [7, 11) is 0. The Morgan fingerprint density at radius 1 is 1.31 bits per heavy atom. The lowest BCUT2D eigenvalue weighted by Gasteiger charge is -2.01. The van der Waals surface area contributed by atoms with E-state index in [-0.39, 0.29) is 0 Å². The fourth-order valence-electron chi connectivity index (χ4n) is 1.95. The van der Waals surface area contributed by atoms with Crippen molar-refractivity contribution in [3.8, 4) is 0 Å². The van der Waals surface area contributed by atoms with Crippen LogP contribution in [-0.2, 0) is 13.0 Å². The molecule has 0 fully saturated rings. The average Bonchev–Trinajstić information content (AvgIpc) is 2.65. The number of hydrogen-bond acceptors (Lipinski definition) is 2. The maximum Gasteiger partial charge on any atom is 0.0491 e. The topological polar surface area (TPSA) is 12.0 Å². The van der Waals surface area contributed by atoms with E-state index < -0.39 is 0 Å². The van der Waals surface area contributed by atoms with E-state index >= 15 is 0 Å². The van der Waals surface area contributed by atoms with Gasteiger partial charge >= 0.3 is 0 Å². The van der Waals surface area contributed by atoms with Crippen molar-refractivity contribution in [2.24, 2.45) is 0 Å². The molecule has 3 heteroatoms. The summed E-state index contributed by atoms with van der Waals surface area (Å²) in [5, 5.41) is 4.83. The number of halogens is 1. The van der Waals surface area contributed by atoms with Crippen LogP contribution in [0.5, 0.6) is 0 Å². The molecule has 2 rings (SSSR count). The molecule has 2 aromatic rings. The van der Waals surface area contributed by atoms with Crippen LogP contribution in [0.15, 0.2) is 22.7 Å². The van der Waals surface area contributed by atoms with Crippen LogP contribution in [0.3, 0.4) is 0 Å². The number of thiophene rings is 1. The number of nitrogens with one attached hydrogen (secondary N) is 1. The van der Waals surface area contributed by atoms with Gasteiger partial charge in [0.1, 0.15) is 0 Å². The molecule has 1 N–H and O–H groups in total. The monoisotopic (exact) mass is 297 g/mol. The van der Waals surface area contributed by atoms with Gasteiger partial charge < -0.3 is 5.32 Å². The van der Waals surface area contributed by atoms with Crippen molar-refractivity contribution in [2.75, 3.05) is 6.54 Å². The summed E-state index contributed by atoms with van der Waals surface area (Å²) in [4.78, 5) is 1.48. The van der Waals surface area contributed by atoms with Gasteiger partial charge in [0.05, 0.1) is 0 Å². The highest BCUT2D eigenvalue weighted by Crippen LogP contribution is 2.36. The first-order valence-electron chi connectivity index (χ1n) is 5.67. The molecule has 1 aromatic carbocycles. The zero-order valence-electron chi connectivity index (χ0n) is 9.64. The number of fused-ring (bicyclic) bond motifs is 1. The summed E-state index contributed by atoms with van der Waals surface area (Å²) in [6, 6.07) is 6.47. The Balaban J connectivity index is 2.52. The first-order valence-corrected chi connectivity index (χ1v) is 7.28. The minimum Gasteiger partial charge on any atom is -0.312 e. The first kappa shape index (κ1) is 12.1. The van der Waals surface area contributed by atoms with Gasteiger partial charge in [-0.25, -0.2) is 0 Å². The molecule has 0 aliphatic heterocycles.